The number of fused-ring (bicyclic) bond motifs is 1. The highest BCUT2D eigenvalue weighted by atomic mass is 32.3. The van der Waals surface area contributed by atoms with Gasteiger partial charge in [-0.1, -0.05) is 6.07 Å². The number of nitrogens with two attached hydrogens (primary N) is 1. The van der Waals surface area contributed by atoms with E-state index in [9.17, 15) is 36.7 Å². The van der Waals surface area contributed by atoms with Crippen molar-refractivity contribution >= 4 is 39.3 Å². The van der Waals surface area contributed by atoms with Gasteiger partial charge in [-0.25, -0.2) is 23.1 Å². The van der Waals surface area contributed by atoms with Gasteiger partial charge in [0.05, 0.1) is 46.6 Å². The van der Waals surface area contributed by atoms with E-state index in [0.717, 1.165) is 6.07 Å². The molecule has 1 aliphatic heterocycles. The fourth-order valence-corrected chi connectivity index (χ4v) is 6.25. The summed E-state index contributed by atoms with van der Waals surface area (Å²) in [5.41, 5.74) is 5.94. The molecule has 44 heavy (non-hydrogen) atoms. The average molecular weight is 637 g/mol. The van der Waals surface area contributed by atoms with Crippen LogP contribution in [0.25, 0.3) is 16.6 Å². The molecule has 1 aliphatic rings. The van der Waals surface area contributed by atoms with Gasteiger partial charge in [-0.2, -0.15) is 34.1 Å². The second-order valence-corrected chi connectivity index (χ2v) is 12.4. The molecular weight excluding hydrogens is 611 g/mol. The molecule has 2 aromatic heterocycles. The highest BCUT2D eigenvalue weighted by molar-refractivity contribution is 8.24. The van der Waals surface area contributed by atoms with E-state index < -0.39 is 45.7 Å². The standard InChI is InChI=1S/C27H25F5N8O3S/c28-18-3-2-16(27(30,31)32)12-21(18)38-26(41)37-20-4-1-15(11-19(20)29)23-17(5-6-33)22(40-24(23)25(34)35-14-36-40)13-39-7-9-44(42,43)10-8-39/h1-4,11-12,14,42-43H,5,7-10,13H2,(H2,34,35,36)(H2,37,38,41). The van der Waals surface area contributed by atoms with Crippen molar-refractivity contribution in [1.82, 2.24) is 19.5 Å². The molecule has 1 saturated heterocycles. The smallest absolute Gasteiger partial charge is 0.382 e. The first-order chi connectivity index (χ1) is 20.8. The minimum absolute atomic E-state index is 0.0540. The molecule has 17 heteroatoms. The number of carbonyl (C=O) groups excluding carboxylic acids is 1. The van der Waals surface area contributed by atoms with Gasteiger partial charge in [0, 0.05) is 25.2 Å². The Morgan fingerprint density at radius 1 is 1.07 bits per heavy atom. The van der Waals surface area contributed by atoms with Crippen LogP contribution in [0.3, 0.4) is 0 Å². The first-order valence-corrected chi connectivity index (χ1v) is 14.9. The van der Waals surface area contributed by atoms with Crippen LogP contribution in [-0.4, -0.2) is 59.2 Å². The minimum Gasteiger partial charge on any atom is -0.382 e. The number of halogens is 5. The van der Waals surface area contributed by atoms with Gasteiger partial charge in [0.1, 0.15) is 23.5 Å². The zero-order valence-electron chi connectivity index (χ0n) is 22.7. The summed E-state index contributed by atoms with van der Waals surface area (Å²) in [6.45, 7) is 1.05. The van der Waals surface area contributed by atoms with E-state index in [2.05, 4.69) is 21.5 Å². The van der Waals surface area contributed by atoms with Crippen LogP contribution < -0.4 is 16.4 Å². The summed E-state index contributed by atoms with van der Waals surface area (Å²) in [5, 5.41) is 18.1. The highest BCUT2D eigenvalue weighted by Crippen LogP contribution is 2.42. The third-order valence-corrected chi connectivity index (χ3v) is 8.78. The molecule has 232 valence electrons. The number of nitrogens with zero attached hydrogens (tertiary/aromatic N) is 5. The van der Waals surface area contributed by atoms with E-state index in [0.29, 0.717) is 53.6 Å². The number of anilines is 3. The van der Waals surface area contributed by atoms with Crippen LogP contribution in [0.2, 0.25) is 0 Å². The molecule has 0 bridgehead atoms. The lowest BCUT2D eigenvalue weighted by Crippen LogP contribution is -2.38. The van der Waals surface area contributed by atoms with Crippen molar-refractivity contribution < 1.29 is 35.9 Å². The van der Waals surface area contributed by atoms with Gasteiger partial charge in [0.15, 0.2) is 5.82 Å². The predicted molar refractivity (Wildman–Crippen MR) is 154 cm³/mol. The molecule has 0 unspecified atom stereocenters. The molecule has 1 fully saturated rings. The van der Waals surface area contributed by atoms with E-state index in [-0.39, 0.29) is 41.5 Å². The predicted octanol–water partition coefficient (Wildman–Crippen LogP) is 5.55. The molecule has 0 radical (unpaired) electrons. The number of nitriles is 1. The molecule has 2 amide bonds. The summed E-state index contributed by atoms with van der Waals surface area (Å²) in [5.74, 6) is -1.62. The van der Waals surface area contributed by atoms with Crippen molar-refractivity contribution in [2.45, 2.75) is 19.1 Å². The number of amides is 2. The number of nitrogen functional groups attached to an aromatic ring is 1. The second kappa shape index (κ2) is 11.9. The van der Waals surface area contributed by atoms with Crippen molar-refractivity contribution in [2.75, 3.05) is 41.0 Å². The topological polar surface area (TPSA) is 165 Å². The quantitative estimate of drug-likeness (QED) is 0.172. The number of rotatable bonds is 6. The van der Waals surface area contributed by atoms with E-state index in [1.807, 2.05) is 10.2 Å². The van der Waals surface area contributed by atoms with E-state index in [1.54, 1.807) is 0 Å². The van der Waals surface area contributed by atoms with Crippen molar-refractivity contribution in [3.63, 3.8) is 0 Å². The molecule has 2 aromatic carbocycles. The molecule has 3 heterocycles. The summed E-state index contributed by atoms with van der Waals surface area (Å²) < 4.78 is 89.9. The Morgan fingerprint density at radius 2 is 1.77 bits per heavy atom. The number of benzene rings is 2. The van der Waals surface area contributed by atoms with E-state index in [1.165, 1.54) is 23.0 Å². The Labute approximate surface area is 248 Å². The molecule has 0 saturated carbocycles. The third kappa shape index (κ3) is 6.38. The Morgan fingerprint density at radius 3 is 2.43 bits per heavy atom. The Bertz CT molecular complexity index is 1780. The number of nitrogens with one attached hydrogen (secondary N) is 2. The fourth-order valence-electron chi connectivity index (χ4n) is 4.94. The van der Waals surface area contributed by atoms with E-state index in [4.69, 9.17) is 5.73 Å². The van der Waals surface area contributed by atoms with Gasteiger partial charge in [-0.05, 0) is 41.5 Å². The zero-order chi connectivity index (χ0) is 31.8. The largest absolute Gasteiger partial charge is 0.416 e. The van der Waals surface area contributed by atoms with Crippen molar-refractivity contribution in [3.8, 4) is 17.2 Å². The van der Waals surface area contributed by atoms with Gasteiger partial charge >= 0.3 is 12.2 Å². The maximum Gasteiger partial charge on any atom is 0.416 e. The maximum atomic E-state index is 15.4. The molecule has 6 N–H and O–H groups in total. The summed E-state index contributed by atoms with van der Waals surface area (Å²) >= 11 is 0. The van der Waals surface area contributed by atoms with Crippen molar-refractivity contribution in [1.29, 1.82) is 5.26 Å². The molecular formula is C27H25F5N8O3S. The van der Waals surface area contributed by atoms with Gasteiger partial charge in [0.25, 0.3) is 0 Å². The lowest BCUT2D eigenvalue weighted by atomic mass is 9.98. The summed E-state index contributed by atoms with van der Waals surface area (Å²) in [4.78, 5) is 18.5. The number of aromatic nitrogens is 3. The van der Waals surface area contributed by atoms with Crippen LogP contribution in [-0.2, 0) is 19.1 Å². The SMILES string of the molecule is N#CCc1c(-c2ccc(NC(=O)Nc3cc(C(F)(F)F)ccc3F)c(F)c2)c2c(N)ncnn2c1CN1CCS(O)(O)CC1. The summed E-state index contributed by atoms with van der Waals surface area (Å²) in [6, 6.07) is 6.11. The molecule has 5 rings (SSSR count). The van der Waals surface area contributed by atoms with Crippen molar-refractivity contribution in [3.05, 3.63) is 71.2 Å². The Balaban J connectivity index is 1.46. The zero-order valence-corrected chi connectivity index (χ0v) is 23.5. The van der Waals surface area contributed by atoms with Gasteiger partial charge < -0.3 is 16.4 Å². The third-order valence-electron chi connectivity index (χ3n) is 7.11. The number of carbonyl (C=O) groups is 1. The maximum absolute atomic E-state index is 15.4. The number of hydrogen-bond donors (Lipinski definition) is 5. The normalized spacial score (nSPS) is 16.0. The number of alkyl halides is 3. The first-order valence-electron chi connectivity index (χ1n) is 13.0. The van der Waals surface area contributed by atoms with Crippen LogP contribution in [0.5, 0.6) is 0 Å². The summed E-state index contributed by atoms with van der Waals surface area (Å²) in [7, 11) is -2.65. The van der Waals surface area contributed by atoms with E-state index >= 15 is 4.39 Å². The molecule has 0 aliphatic carbocycles. The molecule has 0 atom stereocenters. The number of hydrogen-bond acceptors (Lipinski definition) is 8. The van der Waals surface area contributed by atoms with Crippen LogP contribution in [0, 0.1) is 23.0 Å². The monoisotopic (exact) mass is 636 g/mol. The van der Waals surface area contributed by atoms with Crippen molar-refractivity contribution in [2.24, 2.45) is 0 Å². The molecule has 4 aromatic rings. The Kier molecular flexibility index (Phi) is 8.36. The Hall–Kier alpha value is -4.50. The molecule has 11 nitrogen and oxygen atoms in total. The lowest BCUT2D eigenvalue weighted by Gasteiger charge is -2.40. The van der Waals surface area contributed by atoms with Gasteiger partial charge in [0.2, 0.25) is 0 Å². The van der Waals surface area contributed by atoms with Gasteiger partial charge in [-0.15, -0.1) is 0 Å². The number of urea groups is 1. The fraction of sp³-hybridized carbons (Fsp3) is 0.259. The highest BCUT2D eigenvalue weighted by Gasteiger charge is 2.32. The first kappa shape index (κ1) is 30.9. The lowest BCUT2D eigenvalue weighted by molar-refractivity contribution is -0.137. The van der Waals surface area contributed by atoms with Crippen LogP contribution in [0.4, 0.5) is 43.9 Å². The average Bonchev–Trinajstić information content (AvgIpc) is 3.25. The van der Waals surface area contributed by atoms with Crippen LogP contribution in [0.1, 0.15) is 16.8 Å². The van der Waals surface area contributed by atoms with Gasteiger partial charge in [-0.3, -0.25) is 14.0 Å². The van der Waals surface area contributed by atoms with Crippen LogP contribution in [0.15, 0.2) is 42.7 Å². The summed E-state index contributed by atoms with van der Waals surface area (Å²) in [6.07, 6.45) is -3.65. The molecule has 0 spiro atoms. The minimum atomic E-state index is -4.77. The second-order valence-electron chi connectivity index (χ2n) is 9.99. The van der Waals surface area contributed by atoms with Crippen LogP contribution >= 0.6 is 10.6 Å².